The van der Waals surface area contributed by atoms with Gasteiger partial charge in [0, 0.05) is 17.1 Å². The third kappa shape index (κ3) is 3.61. The van der Waals surface area contributed by atoms with Crippen LogP contribution in [0, 0.1) is 13.8 Å². The zero-order chi connectivity index (χ0) is 18.2. The first-order valence-electron chi connectivity index (χ1n) is 7.65. The van der Waals surface area contributed by atoms with Crippen molar-refractivity contribution >= 4 is 32.5 Å². The average molecular weight is 377 g/mol. The molecule has 0 saturated carbocycles. The second kappa shape index (κ2) is 6.63. The number of hydrogen-bond donors (Lipinski definition) is 2. The summed E-state index contributed by atoms with van der Waals surface area (Å²) < 4.78 is 27.3. The molecular weight excluding hydrogens is 360 g/mol. The van der Waals surface area contributed by atoms with Crippen LogP contribution in [0.5, 0.6) is 0 Å². The zero-order valence-corrected chi connectivity index (χ0v) is 15.3. The van der Waals surface area contributed by atoms with Crippen molar-refractivity contribution in [1.29, 1.82) is 0 Å². The largest absolute Gasteiger partial charge is 0.321 e. The van der Waals surface area contributed by atoms with E-state index in [1.54, 1.807) is 19.1 Å². The maximum atomic E-state index is 12.4. The van der Waals surface area contributed by atoms with E-state index in [0.29, 0.717) is 10.6 Å². The Labute approximate surface area is 150 Å². The molecule has 0 fully saturated rings. The first-order chi connectivity index (χ1) is 11.8. The van der Waals surface area contributed by atoms with E-state index in [2.05, 4.69) is 9.71 Å². The lowest BCUT2D eigenvalue weighted by Crippen LogP contribution is -2.27. The number of hydrogen-bond acceptors (Lipinski definition) is 3. The number of nitrogens with one attached hydrogen (secondary N) is 2. The van der Waals surface area contributed by atoms with Crippen LogP contribution in [0.3, 0.4) is 0 Å². The summed E-state index contributed by atoms with van der Waals surface area (Å²) in [6.45, 7) is 3.59. The SMILES string of the molecule is Cc1ccc(S(=O)(=O)NCc2cc3cccc(C)c3[nH]c2=O)cc1Cl. The van der Waals surface area contributed by atoms with Crippen LogP contribution in [0.2, 0.25) is 5.02 Å². The van der Waals surface area contributed by atoms with Crippen LogP contribution >= 0.6 is 11.6 Å². The van der Waals surface area contributed by atoms with E-state index in [-0.39, 0.29) is 17.0 Å². The highest BCUT2D eigenvalue weighted by molar-refractivity contribution is 7.89. The summed E-state index contributed by atoms with van der Waals surface area (Å²) in [5.41, 5.74) is 2.54. The Bertz CT molecular complexity index is 1120. The Morgan fingerprint density at radius 2 is 1.84 bits per heavy atom. The highest BCUT2D eigenvalue weighted by Crippen LogP contribution is 2.20. The van der Waals surface area contributed by atoms with Crippen LogP contribution in [0.25, 0.3) is 10.9 Å². The summed E-state index contributed by atoms with van der Waals surface area (Å²) in [7, 11) is -3.76. The van der Waals surface area contributed by atoms with Crippen molar-refractivity contribution in [2.24, 2.45) is 0 Å². The van der Waals surface area contributed by atoms with Gasteiger partial charge in [0.05, 0.1) is 10.4 Å². The van der Waals surface area contributed by atoms with Crippen LogP contribution in [0.15, 0.2) is 52.2 Å². The number of fused-ring (bicyclic) bond motifs is 1. The van der Waals surface area contributed by atoms with Crippen molar-refractivity contribution in [3.63, 3.8) is 0 Å². The topological polar surface area (TPSA) is 79.0 Å². The highest BCUT2D eigenvalue weighted by atomic mass is 35.5. The van der Waals surface area contributed by atoms with E-state index in [0.717, 1.165) is 22.0 Å². The second-order valence-corrected chi connectivity index (χ2v) is 8.07. The number of rotatable bonds is 4. The molecule has 0 atom stereocenters. The Balaban J connectivity index is 1.90. The van der Waals surface area contributed by atoms with Crippen LogP contribution in [-0.2, 0) is 16.6 Å². The normalized spacial score (nSPS) is 11.8. The summed E-state index contributed by atoms with van der Waals surface area (Å²) in [6, 6.07) is 11.9. The lowest BCUT2D eigenvalue weighted by atomic mass is 10.1. The number of sulfonamides is 1. The molecule has 1 aromatic heterocycles. The molecule has 3 aromatic rings. The Morgan fingerprint density at radius 3 is 2.56 bits per heavy atom. The maximum Gasteiger partial charge on any atom is 0.252 e. The van der Waals surface area contributed by atoms with Gasteiger partial charge in [-0.1, -0.05) is 35.9 Å². The summed E-state index contributed by atoms with van der Waals surface area (Å²) in [5.74, 6) is 0. The third-order valence-electron chi connectivity index (χ3n) is 4.07. The van der Waals surface area contributed by atoms with Gasteiger partial charge in [0.1, 0.15) is 0 Å². The highest BCUT2D eigenvalue weighted by Gasteiger charge is 2.16. The molecule has 0 unspecified atom stereocenters. The number of benzene rings is 2. The van der Waals surface area contributed by atoms with Gasteiger partial charge in [-0.05, 0) is 48.6 Å². The smallest absolute Gasteiger partial charge is 0.252 e. The minimum atomic E-state index is -3.76. The fourth-order valence-corrected chi connectivity index (χ4v) is 3.83. The predicted molar refractivity (Wildman–Crippen MR) is 99.5 cm³/mol. The first kappa shape index (κ1) is 17.7. The summed E-state index contributed by atoms with van der Waals surface area (Å²) in [4.78, 5) is 15.1. The maximum absolute atomic E-state index is 12.4. The number of aryl methyl sites for hydroxylation is 2. The first-order valence-corrected chi connectivity index (χ1v) is 9.51. The molecular formula is C18H17ClN2O3S. The molecule has 1 heterocycles. The van der Waals surface area contributed by atoms with Crippen molar-refractivity contribution in [1.82, 2.24) is 9.71 Å². The fourth-order valence-electron chi connectivity index (χ4n) is 2.56. The van der Waals surface area contributed by atoms with E-state index in [1.807, 2.05) is 25.1 Å². The van der Waals surface area contributed by atoms with Crippen LogP contribution in [-0.4, -0.2) is 13.4 Å². The number of pyridine rings is 1. The van der Waals surface area contributed by atoms with Crippen LogP contribution < -0.4 is 10.3 Å². The van der Waals surface area contributed by atoms with Crippen molar-refractivity contribution in [3.8, 4) is 0 Å². The van der Waals surface area contributed by atoms with Crippen molar-refractivity contribution < 1.29 is 8.42 Å². The molecule has 0 spiro atoms. The molecule has 0 aliphatic heterocycles. The molecule has 0 aliphatic rings. The summed E-state index contributed by atoms with van der Waals surface area (Å²) >= 11 is 6.00. The van der Waals surface area contributed by atoms with Gasteiger partial charge in [0.15, 0.2) is 0 Å². The number of aromatic nitrogens is 1. The third-order valence-corrected chi connectivity index (χ3v) is 5.88. The van der Waals surface area contributed by atoms with Crippen molar-refractivity contribution in [2.45, 2.75) is 25.3 Å². The van der Waals surface area contributed by atoms with E-state index < -0.39 is 10.0 Å². The second-order valence-electron chi connectivity index (χ2n) is 5.90. The molecule has 0 saturated heterocycles. The molecule has 3 rings (SSSR count). The minimum absolute atomic E-state index is 0.0659. The molecule has 5 nitrogen and oxygen atoms in total. The summed E-state index contributed by atoms with van der Waals surface area (Å²) in [5, 5.41) is 1.23. The molecule has 0 amide bonds. The van der Waals surface area contributed by atoms with Crippen molar-refractivity contribution in [3.05, 3.63) is 74.5 Å². The lowest BCUT2D eigenvalue weighted by Gasteiger charge is -2.09. The van der Waals surface area contributed by atoms with Gasteiger partial charge in [0.2, 0.25) is 10.0 Å². The number of para-hydroxylation sites is 1. The zero-order valence-electron chi connectivity index (χ0n) is 13.8. The lowest BCUT2D eigenvalue weighted by molar-refractivity contribution is 0.581. The number of aromatic amines is 1. The van der Waals surface area contributed by atoms with Gasteiger partial charge in [-0.2, -0.15) is 0 Å². The average Bonchev–Trinajstić information content (AvgIpc) is 2.56. The molecule has 7 heteroatoms. The van der Waals surface area contributed by atoms with E-state index in [1.165, 1.54) is 12.1 Å². The van der Waals surface area contributed by atoms with Crippen LogP contribution in [0.4, 0.5) is 0 Å². The predicted octanol–water partition coefficient (Wildman–Crippen LogP) is 3.28. The Hall–Kier alpha value is -2.15. The van der Waals surface area contributed by atoms with Gasteiger partial charge in [0.25, 0.3) is 5.56 Å². The molecule has 2 N–H and O–H groups in total. The Kier molecular flexibility index (Phi) is 4.69. The van der Waals surface area contributed by atoms with Gasteiger partial charge >= 0.3 is 0 Å². The molecule has 0 radical (unpaired) electrons. The fraction of sp³-hybridized carbons (Fsp3) is 0.167. The van der Waals surface area contributed by atoms with E-state index in [9.17, 15) is 13.2 Å². The molecule has 2 aromatic carbocycles. The Morgan fingerprint density at radius 1 is 1.08 bits per heavy atom. The number of halogens is 1. The molecule has 25 heavy (non-hydrogen) atoms. The molecule has 0 aliphatic carbocycles. The molecule has 130 valence electrons. The van der Waals surface area contributed by atoms with E-state index >= 15 is 0 Å². The van der Waals surface area contributed by atoms with Gasteiger partial charge in [-0.25, -0.2) is 13.1 Å². The standard InChI is InChI=1S/C18H17ClN2O3S/c1-11-6-7-15(9-16(11)19)25(23,24)20-10-14-8-13-5-3-4-12(2)17(13)21-18(14)22/h3-9,20H,10H2,1-2H3,(H,21,22). The van der Waals surface area contributed by atoms with Crippen molar-refractivity contribution in [2.75, 3.05) is 0 Å². The monoisotopic (exact) mass is 376 g/mol. The van der Waals surface area contributed by atoms with Crippen LogP contribution in [0.1, 0.15) is 16.7 Å². The minimum Gasteiger partial charge on any atom is -0.321 e. The van der Waals surface area contributed by atoms with Gasteiger partial charge in [-0.3, -0.25) is 4.79 Å². The molecule has 0 bridgehead atoms. The quantitative estimate of drug-likeness (QED) is 0.733. The van der Waals surface area contributed by atoms with Gasteiger partial charge in [-0.15, -0.1) is 0 Å². The number of H-pyrrole nitrogens is 1. The summed E-state index contributed by atoms with van der Waals surface area (Å²) in [6.07, 6.45) is 0. The van der Waals surface area contributed by atoms with Gasteiger partial charge < -0.3 is 4.98 Å². The van der Waals surface area contributed by atoms with E-state index in [4.69, 9.17) is 11.6 Å².